The molecule has 0 bridgehead atoms. The van der Waals surface area contributed by atoms with Gasteiger partial charge in [-0.2, -0.15) is 0 Å². The quantitative estimate of drug-likeness (QED) is 0.661. The lowest BCUT2D eigenvalue weighted by atomic mass is 10.1. The summed E-state index contributed by atoms with van der Waals surface area (Å²) in [4.78, 5) is 14.7. The van der Waals surface area contributed by atoms with Crippen molar-refractivity contribution in [3.8, 4) is 21.7 Å². The van der Waals surface area contributed by atoms with Crippen LogP contribution in [0, 0.1) is 0 Å². The van der Waals surface area contributed by atoms with Gasteiger partial charge in [0.1, 0.15) is 0 Å². The molecular formula is C19H20N2O2S. The Balaban J connectivity index is 0.000000300. The molecule has 0 saturated carbocycles. The Bertz CT molecular complexity index is 779. The molecule has 0 aromatic carbocycles. The normalized spacial score (nSPS) is 12.2. The fraction of sp³-hybridized carbons (Fsp3) is 0.263. The van der Waals surface area contributed by atoms with Crippen LogP contribution in [0.2, 0.25) is 0 Å². The number of aromatic nitrogens is 2. The molecule has 4 nitrogen and oxygen atoms in total. The lowest BCUT2D eigenvalue weighted by molar-refractivity contribution is -0.128. The van der Waals surface area contributed by atoms with Crippen molar-refractivity contribution in [2.75, 3.05) is 6.61 Å². The fourth-order valence-electron chi connectivity index (χ4n) is 2.98. The predicted octanol–water partition coefficient (Wildman–Crippen LogP) is 4.40. The Kier molecular flexibility index (Phi) is 5.43. The minimum absolute atomic E-state index is 0.431. The second kappa shape index (κ2) is 7.93. The number of thiophene rings is 1. The van der Waals surface area contributed by atoms with E-state index in [1.165, 1.54) is 40.2 Å². The topological polar surface area (TPSA) is 44.1 Å². The van der Waals surface area contributed by atoms with E-state index in [0.29, 0.717) is 13.1 Å². The van der Waals surface area contributed by atoms with E-state index in [9.17, 15) is 4.79 Å². The van der Waals surface area contributed by atoms with Crippen molar-refractivity contribution in [2.45, 2.75) is 26.3 Å². The number of aryl methyl sites for hydroxylation is 1. The van der Waals surface area contributed by atoms with Crippen LogP contribution in [-0.2, 0) is 22.5 Å². The second-order valence-electron chi connectivity index (χ2n) is 5.42. The van der Waals surface area contributed by atoms with E-state index in [-0.39, 0.29) is 0 Å². The molecular weight excluding hydrogens is 320 g/mol. The van der Waals surface area contributed by atoms with Gasteiger partial charge in [0.2, 0.25) is 0 Å². The number of nitrogens with zero attached hydrogens (tertiary/aromatic N) is 2. The molecule has 1 aliphatic rings. The number of pyridine rings is 1. The number of fused-ring (bicyclic) bond motifs is 1. The van der Waals surface area contributed by atoms with Gasteiger partial charge in [-0.3, -0.25) is 9.78 Å². The highest BCUT2D eigenvalue weighted by molar-refractivity contribution is 7.13. The standard InChI is InChI=1S/C16H14N2S.C3H6O2/c1-3-13-11-14(12-5-7-17-8-6-12)16(18(13)9-1)15-4-2-10-19-15;1-2-5-3-4/h2,4-8,10-11H,1,3,9H2;3H,2H2,1H3. The molecule has 0 fully saturated rings. The molecule has 0 unspecified atom stereocenters. The third kappa shape index (κ3) is 3.41. The summed E-state index contributed by atoms with van der Waals surface area (Å²) in [5.74, 6) is 0. The maximum atomic E-state index is 9.18. The first-order chi connectivity index (χ1) is 11.8. The SMILES string of the molecule is CCOC=O.c1csc(-c2c(-c3ccncc3)cc3n2CCC3)c1. The summed E-state index contributed by atoms with van der Waals surface area (Å²) in [5.41, 5.74) is 5.46. The van der Waals surface area contributed by atoms with Gasteiger partial charge in [-0.25, -0.2) is 0 Å². The largest absolute Gasteiger partial charge is 0.468 e. The van der Waals surface area contributed by atoms with Gasteiger partial charge in [0.15, 0.2) is 0 Å². The number of carbonyl (C=O) groups excluding carboxylic acids is 1. The molecule has 0 atom stereocenters. The number of hydrogen-bond donors (Lipinski definition) is 0. The minimum Gasteiger partial charge on any atom is -0.468 e. The summed E-state index contributed by atoms with van der Waals surface area (Å²) < 4.78 is 6.64. The Morgan fingerprint density at radius 3 is 2.79 bits per heavy atom. The van der Waals surface area contributed by atoms with Crippen LogP contribution in [0.15, 0.2) is 48.1 Å². The van der Waals surface area contributed by atoms with Gasteiger partial charge in [0.25, 0.3) is 6.47 Å². The van der Waals surface area contributed by atoms with Crippen LogP contribution in [-0.4, -0.2) is 22.6 Å². The molecule has 0 saturated heterocycles. The zero-order chi connectivity index (χ0) is 16.8. The first-order valence-corrected chi connectivity index (χ1v) is 8.95. The summed E-state index contributed by atoms with van der Waals surface area (Å²) in [6, 6.07) is 10.9. The second-order valence-corrected chi connectivity index (χ2v) is 6.37. The van der Waals surface area contributed by atoms with Crippen LogP contribution in [0.1, 0.15) is 19.0 Å². The van der Waals surface area contributed by atoms with Crippen molar-refractivity contribution < 1.29 is 9.53 Å². The van der Waals surface area contributed by atoms with Crippen molar-refractivity contribution in [2.24, 2.45) is 0 Å². The molecule has 124 valence electrons. The first-order valence-electron chi connectivity index (χ1n) is 8.07. The van der Waals surface area contributed by atoms with Crippen LogP contribution in [0.4, 0.5) is 0 Å². The third-order valence-corrected chi connectivity index (χ3v) is 4.85. The average Bonchev–Trinajstić information content (AvgIpc) is 3.33. The van der Waals surface area contributed by atoms with Gasteiger partial charge >= 0.3 is 0 Å². The summed E-state index contributed by atoms with van der Waals surface area (Å²) in [6.45, 7) is 3.81. The fourth-order valence-corrected chi connectivity index (χ4v) is 3.77. The number of hydrogen-bond acceptors (Lipinski definition) is 4. The molecule has 0 aliphatic carbocycles. The zero-order valence-corrected chi connectivity index (χ0v) is 14.5. The monoisotopic (exact) mass is 340 g/mol. The minimum atomic E-state index is 0.431. The van der Waals surface area contributed by atoms with E-state index in [1.54, 1.807) is 6.92 Å². The van der Waals surface area contributed by atoms with Crippen LogP contribution in [0.25, 0.3) is 21.7 Å². The van der Waals surface area contributed by atoms with Gasteiger partial charge in [0, 0.05) is 30.2 Å². The van der Waals surface area contributed by atoms with Gasteiger partial charge in [-0.05, 0) is 55.0 Å². The Morgan fingerprint density at radius 2 is 2.17 bits per heavy atom. The van der Waals surface area contributed by atoms with E-state index in [1.807, 2.05) is 23.7 Å². The molecule has 4 rings (SSSR count). The van der Waals surface area contributed by atoms with E-state index in [2.05, 4.69) is 50.0 Å². The molecule has 0 N–H and O–H groups in total. The van der Waals surface area contributed by atoms with Crippen molar-refractivity contribution in [3.63, 3.8) is 0 Å². The molecule has 24 heavy (non-hydrogen) atoms. The zero-order valence-electron chi connectivity index (χ0n) is 13.6. The smallest absolute Gasteiger partial charge is 0.293 e. The van der Waals surface area contributed by atoms with Crippen LogP contribution in [0.5, 0.6) is 0 Å². The molecule has 3 aromatic heterocycles. The van der Waals surface area contributed by atoms with Crippen molar-refractivity contribution >= 4 is 17.8 Å². The first kappa shape index (κ1) is 16.5. The summed E-state index contributed by atoms with van der Waals surface area (Å²) in [7, 11) is 0. The van der Waals surface area contributed by atoms with E-state index < -0.39 is 0 Å². The highest BCUT2D eigenvalue weighted by Crippen LogP contribution is 2.39. The maximum Gasteiger partial charge on any atom is 0.293 e. The molecule has 0 amide bonds. The van der Waals surface area contributed by atoms with Crippen molar-refractivity contribution in [1.82, 2.24) is 9.55 Å². The Hall–Kier alpha value is -2.40. The van der Waals surface area contributed by atoms with Crippen LogP contribution >= 0.6 is 11.3 Å². The van der Waals surface area contributed by atoms with Gasteiger partial charge < -0.3 is 9.30 Å². The van der Waals surface area contributed by atoms with Crippen LogP contribution < -0.4 is 0 Å². The molecule has 5 heteroatoms. The van der Waals surface area contributed by atoms with Crippen molar-refractivity contribution in [3.05, 3.63) is 53.8 Å². The molecule has 0 radical (unpaired) electrons. The summed E-state index contributed by atoms with van der Waals surface area (Å²) >= 11 is 1.82. The number of rotatable bonds is 4. The highest BCUT2D eigenvalue weighted by atomic mass is 32.1. The average molecular weight is 340 g/mol. The predicted molar refractivity (Wildman–Crippen MR) is 97.0 cm³/mol. The molecule has 3 aromatic rings. The van der Waals surface area contributed by atoms with Gasteiger partial charge in [-0.1, -0.05) is 6.07 Å². The summed E-state index contributed by atoms with van der Waals surface area (Å²) in [5, 5.41) is 2.15. The molecule has 1 aliphatic heterocycles. The Morgan fingerprint density at radius 1 is 1.33 bits per heavy atom. The Labute approximate surface area is 145 Å². The molecule has 0 spiro atoms. The van der Waals surface area contributed by atoms with Crippen molar-refractivity contribution in [1.29, 1.82) is 0 Å². The van der Waals surface area contributed by atoms with Gasteiger partial charge in [0.05, 0.1) is 17.2 Å². The maximum absolute atomic E-state index is 9.18. The lowest BCUT2D eigenvalue weighted by Crippen LogP contribution is -1.94. The van der Waals surface area contributed by atoms with E-state index in [4.69, 9.17) is 0 Å². The number of ether oxygens (including phenoxy) is 1. The molecule has 4 heterocycles. The van der Waals surface area contributed by atoms with Crippen LogP contribution in [0.3, 0.4) is 0 Å². The third-order valence-electron chi connectivity index (χ3n) is 3.98. The lowest BCUT2D eigenvalue weighted by Gasteiger charge is -2.07. The van der Waals surface area contributed by atoms with E-state index >= 15 is 0 Å². The highest BCUT2D eigenvalue weighted by Gasteiger charge is 2.21. The van der Waals surface area contributed by atoms with E-state index in [0.717, 1.165) is 6.54 Å². The van der Waals surface area contributed by atoms with Gasteiger partial charge in [-0.15, -0.1) is 11.3 Å². The number of carbonyl (C=O) groups is 1. The summed E-state index contributed by atoms with van der Waals surface area (Å²) in [6.07, 6.45) is 6.21.